The second kappa shape index (κ2) is 12.3. The van der Waals surface area contributed by atoms with Crippen LogP contribution < -0.4 is 16.0 Å². The van der Waals surface area contributed by atoms with E-state index < -0.39 is 47.2 Å². The molecular weight excluding hydrogens is 512 g/mol. The molecule has 0 bridgehead atoms. The zero-order chi connectivity index (χ0) is 30.0. The van der Waals surface area contributed by atoms with Gasteiger partial charge in [-0.2, -0.15) is 0 Å². The molecule has 224 valence electrons. The van der Waals surface area contributed by atoms with E-state index in [1.165, 1.54) is 6.08 Å². The van der Waals surface area contributed by atoms with Crippen molar-refractivity contribution in [3.05, 3.63) is 12.7 Å². The van der Waals surface area contributed by atoms with Crippen LogP contribution in [-0.4, -0.2) is 71.8 Å². The van der Waals surface area contributed by atoms with Gasteiger partial charge in [0.1, 0.15) is 18.2 Å². The molecule has 1 aliphatic heterocycles. The van der Waals surface area contributed by atoms with E-state index in [0.717, 1.165) is 19.3 Å². The van der Waals surface area contributed by atoms with Crippen LogP contribution in [0.15, 0.2) is 12.7 Å². The molecule has 3 N–H and O–H groups in total. The Morgan fingerprint density at radius 1 is 1.12 bits per heavy atom. The summed E-state index contributed by atoms with van der Waals surface area (Å²) in [5.74, 6) is -1.79. The number of amides is 4. The molecule has 0 radical (unpaired) electrons. The van der Waals surface area contributed by atoms with Crippen LogP contribution in [0.3, 0.4) is 0 Å². The van der Waals surface area contributed by atoms with Crippen molar-refractivity contribution in [1.82, 2.24) is 20.9 Å². The summed E-state index contributed by atoms with van der Waals surface area (Å²) in [5.41, 5.74) is -0.792. The Bertz CT molecular complexity index is 1020. The zero-order valence-corrected chi connectivity index (χ0v) is 25.2. The number of piperidine rings is 1. The standard InChI is InChI=1S/C30H48N4O6/c1-9-11-20(23(35)26(37)31-14-10-2)32-25(36)22-21-19(30(21,7)8)16-34(22)27(38)24(29(4,5)6)33-28(39)40-18-13-12-17(3)15-18/h10,17-22,24H,2,9,11-16H2,1,3-8H3,(H,31,37)(H,32,36)(H,33,39)/t17?,18?,19?,20-,21+,22+,24?/m1/s1. The van der Waals surface area contributed by atoms with Crippen LogP contribution in [0, 0.1) is 28.6 Å². The number of Topliss-reactive ketones (excluding diaryl/α,β-unsaturated/α-hetero) is 1. The smallest absolute Gasteiger partial charge is 0.408 e. The van der Waals surface area contributed by atoms with Gasteiger partial charge in [-0.3, -0.25) is 19.2 Å². The number of ketones is 1. The quantitative estimate of drug-likeness (QED) is 0.263. The SMILES string of the molecule is C=CCNC(=O)C(=O)[C@@H](CCC)NC(=O)[C@@H]1[C@@H]2C(CN1C(=O)C(NC(=O)OC1CCC(C)C1)C(C)(C)C)C2(C)C. The van der Waals surface area contributed by atoms with Gasteiger partial charge >= 0.3 is 6.09 Å². The van der Waals surface area contributed by atoms with E-state index in [2.05, 4.69) is 43.3 Å². The van der Waals surface area contributed by atoms with Crippen molar-refractivity contribution in [3.8, 4) is 0 Å². The second-order valence-electron chi connectivity index (χ2n) is 13.5. The monoisotopic (exact) mass is 560 g/mol. The summed E-state index contributed by atoms with van der Waals surface area (Å²) < 4.78 is 5.63. The number of hydrogen-bond donors (Lipinski definition) is 3. The van der Waals surface area contributed by atoms with Gasteiger partial charge in [-0.05, 0) is 54.3 Å². The first kappa shape index (κ1) is 31.6. The fraction of sp³-hybridized carbons (Fsp3) is 0.767. The van der Waals surface area contributed by atoms with Gasteiger partial charge in [0.25, 0.3) is 5.91 Å². The molecule has 0 aromatic carbocycles. The van der Waals surface area contributed by atoms with Crippen LogP contribution in [-0.2, 0) is 23.9 Å². The van der Waals surface area contributed by atoms with Crippen LogP contribution in [0.25, 0.3) is 0 Å². The molecule has 10 heteroatoms. The van der Waals surface area contributed by atoms with Gasteiger partial charge in [-0.15, -0.1) is 6.58 Å². The predicted molar refractivity (Wildman–Crippen MR) is 151 cm³/mol. The number of fused-ring (bicyclic) bond motifs is 1. The molecule has 4 unspecified atom stereocenters. The maximum absolute atomic E-state index is 14.0. The number of alkyl carbamates (subject to hydrolysis) is 1. The molecule has 40 heavy (non-hydrogen) atoms. The summed E-state index contributed by atoms with van der Waals surface area (Å²) in [7, 11) is 0. The molecule has 3 aliphatic rings. The van der Waals surface area contributed by atoms with E-state index >= 15 is 0 Å². The molecule has 3 fully saturated rings. The van der Waals surface area contributed by atoms with E-state index in [0.29, 0.717) is 25.3 Å². The van der Waals surface area contributed by atoms with Crippen molar-refractivity contribution < 1.29 is 28.7 Å². The number of ether oxygens (including phenoxy) is 1. The van der Waals surface area contributed by atoms with Gasteiger partial charge in [-0.1, -0.05) is 61.0 Å². The fourth-order valence-corrected chi connectivity index (χ4v) is 6.42. The number of carbonyl (C=O) groups excluding carboxylic acids is 5. The lowest BCUT2D eigenvalue weighted by molar-refractivity contribution is -0.145. The lowest BCUT2D eigenvalue weighted by Crippen LogP contribution is -2.60. The first-order valence-electron chi connectivity index (χ1n) is 14.6. The molecule has 1 heterocycles. The average Bonchev–Trinajstić information content (AvgIpc) is 3.21. The third kappa shape index (κ3) is 6.86. The molecule has 0 aromatic heterocycles. The van der Waals surface area contributed by atoms with E-state index in [4.69, 9.17) is 4.74 Å². The molecule has 7 atom stereocenters. The van der Waals surface area contributed by atoms with E-state index in [9.17, 15) is 24.0 Å². The molecule has 10 nitrogen and oxygen atoms in total. The highest BCUT2D eigenvalue weighted by Gasteiger charge is 2.70. The van der Waals surface area contributed by atoms with Crippen molar-refractivity contribution >= 4 is 29.6 Å². The molecular formula is C30H48N4O6. The van der Waals surface area contributed by atoms with Gasteiger partial charge in [0, 0.05) is 13.1 Å². The van der Waals surface area contributed by atoms with Crippen molar-refractivity contribution in [2.75, 3.05) is 13.1 Å². The van der Waals surface area contributed by atoms with Crippen LogP contribution in [0.1, 0.15) is 80.6 Å². The molecule has 4 amide bonds. The summed E-state index contributed by atoms with van der Waals surface area (Å²) in [6.45, 7) is 17.8. The van der Waals surface area contributed by atoms with Crippen LogP contribution >= 0.6 is 0 Å². The summed E-state index contributed by atoms with van der Waals surface area (Å²) in [5, 5.41) is 8.06. The molecule has 2 aliphatic carbocycles. The fourth-order valence-electron chi connectivity index (χ4n) is 6.42. The summed E-state index contributed by atoms with van der Waals surface area (Å²) in [6, 6.07) is -2.72. The summed E-state index contributed by atoms with van der Waals surface area (Å²) in [4.78, 5) is 67.3. The molecule has 2 saturated carbocycles. The van der Waals surface area contributed by atoms with Crippen LogP contribution in [0.4, 0.5) is 4.79 Å². The number of rotatable bonds is 11. The summed E-state index contributed by atoms with van der Waals surface area (Å²) >= 11 is 0. The van der Waals surface area contributed by atoms with Crippen molar-refractivity contribution in [2.24, 2.45) is 28.6 Å². The van der Waals surface area contributed by atoms with Gasteiger partial charge < -0.3 is 25.6 Å². The largest absolute Gasteiger partial charge is 0.446 e. The number of nitrogens with one attached hydrogen (secondary N) is 3. The first-order chi connectivity index (χ1) is 18.6. The molecule has 3 rings (SSSR count). The third-order valence-electron chi connectivity index (χ3n) is 8.90. The highest BCUT2D eigenvalue weighted by molar-refractivity contribution is 6.38. The highest BCUT2D eigenvalue weighted by atomic mass is 16.6. The molecule has 0 aromatic rings. The first-order valence-corrected chi connectivity index (χ1v) is 14.6. The minimum Gasteiger partial charge on any atom is -0.446 e. The van der Waals surface area contributed by atoms with Crippen LogP contribution in [0.5, 0.6) is 0 Å². The van der Waals surface area contributed by atoms with Gasteiger partial charge in [0.05, 0.1) is 6.04 Å². The van der Waals surface area contributed by atoms with E-state index in [1.54, 1.807) is 4.90 Å². The number of likely N-dealkylation sites (tertiary alicyclic amines) is 1. The van der Waals surface area contributed by atoms with E-state index in [1.807, 2.05) is 27.7 Å². The Morgan fingerprint density at radius 3 is 2.35 bits per heavy atom. The predicted octanol–water partition coefficient (Wildman–Crippen LogP) is 2.96. The topological polar surface area (TPSA) is 134 Å². The van der Waals surface area contributed by atoms with Crippen molar-refractivity contribution in [3.63, 3.8) is 0 Å². The Hall–Kier alpha value is -2.91. The van der Waals surface area contributed by atoms with Gasteiger partial charge in [-0.25, -0.2) is 4.79 Å². The average molecular weight is 561 g/mol. The normalized spacial score (nSPS) is 28.1. The number of hydrogen-bond acceptors (Lipinski definition) is 6. The summed E-state index contributed by atoms with van der Waals surface area (Å²) in [6.07, 6.45) is 4.16. The Balaban J connectivity index is 1.78. The van der Waals surface area contributed by atoms with E-state index in [-0.39, 0.29) is 35.8 Å². The number of carbonyl (C=O) groups is 5. The number of nitrogens with zero attached hydrogens (tertiary/aromatic N) is 1. The molecule has 0 spiro atoms. The van der Waals surface area contributed by atoms with Crippen molar-refractivity contribution in [2.45, 2.75) is 105 Å². The van der Waals surface area contributed by atoms with Crippen LogP contribution in [0.2, 0.25) is 0 Å². The third-order valence-corrected chi connectivity index (χ3v) is 8.90. The van der Waals surface area contributed by atoms with Gasteiger partial charge in [0.2, 0.25) is 17.6 Å². The Kier molecular flexibility index (Phi) is 9.73. The minimum absolute atomic E-state index is 0.0871. The highest BCUT2D eigenvalue weighted by Crippen LogP contribution is 2.65. The maximum Gasteiger partial charge on any atom is 0.408 e. The Morgan fingerprint density at radius 2 is 1.80 bits per heavy atom. The Labute approximate surface area is 238 Å². The lowest BCUT2D eigenvalue weighted by atomic mass is 9.85. The van der Waals surface area contributed by atoms with Gasteiger partial charge in [0.15, 0.2) is 0 Å². The minimum atomic E-state index is -1.000. The van der Waals surface area contributed by atoms with Crippen molar-refractivity contribution in [1.29, 1.82) is 0 Å². The second-order valence-corrected chi connectivity index (χ2v) is 13.5. The lowest BCUT2D eigenvalue weighted by Gasteiger charge is -2.37. The molecule has 1 saturated heterocycles. The maximum atomic E-state index is 14.0. The zero-order valence-electron chi connectivity index (χ0n) is 25.2.